The maximum Gasteiger partial charge on any atom is 0.425 e. The van der Waals surface area contributed by atoms with Gasteiger partial charge in [-0.05, 0) is 31.3 Å². The van der Waals surface area contributed by atoms with Crippen LogP contribution in [0.15, 0.2) is 29.4 Å². The van der Waals surface area contributed by atoms with Crippen LogP contribution in [0.1, 0.15) is 5.56 Å². The molecule has 0 amide bonds. The van der Waals surface area contributed by atoms with Crippen LogP contribution in [-0.4, -0.2) is 29.2 Å². The fourth-order valence-electron chi connectivity index (χ4n) is 1.27. The predicted molar refractivity (Wildman–Crippen MR) is 76.3 cm³/mol. The van der Waals surface area contributed by atoms with Gasteiger partial charge in [0.1, 0.15) is 0 Å². The summed E-state index contributed by atoms with van der Waals surface area (Å²) >= 11 is 10.1. The highest BCUT2D eigenvalue weighted by Crippen LogP contribution is 2.24. The summed E-state index contributed by atoms with van der Waals surface area (Å²) in [5.41, 5.74) is 5.30. The van der Waals surface area contributed by atoms with E-state index in [9.17, 15) is 13.2 Å². The molecule has 0 radical (unpaired) electrons. The van der Waals surface area contributed by atoms with Gasteiger partial charge in [0.25, 0.3) is 0 Å². The summed E-state index contributed by atoms with van der Waals surface area (Å²) in [4.78, 5) is 0. The van der Waals surface area contributed by atoms with Crippen LogP contribution in [-0.2, 0) is 0 Å². The van der Waals surface area contributed by atoms with Crippen LogP contribution in [0.5, 0.6) is 0 Å². The highest BCUT2D eigenvalue weighted by atomic mass is 35.5. The van der Waals surface area contributed by atoms with E-state index in [0.29, 0.717) is 5.01 Å². The third-order valence-electron chi connectivity index (χ3n) is 2.24. The Kier molecular flexibility index (Phi) is 5.73. The fraction of sp³-hybridized carbons (Fsp3) is 0.273. The zero-order valence-corrected chi connectivity index (χ0v) is 12.0. The predicted octanol–water partition coefficient (Wildman–Crippen LogP) is 2.83. The number of nitrogens with zero attached hydrogens (tertiary/aromatic N) is 2. The molecule has 4 nitrogen and oxygen atoms in total. The Morgan fingerprint density at radius 1 is 1.35 bits per heavy atom. The topological polar surface area (TPSA) is 39.7 Å². The van der Waals surface area contributed by atoms with Gasteiger partial charge < -0.3 is 0 Å². The third kappa shape index (κ3) is 4.62. The Morgan fingerprint density at radius 2 is 1.90 bits per heavy atom. The normalized spacial score (nSPS) is 18.1. The van der Waals surface area contributed by atoms with Crippen LogP contribution in [0.3, 0.4) is 0 Å². The molecular formula is C11H12ClF3N4S. The van der Waals surface area contributed by atoms with Gasteiger partial charge in [-0.2, -0.15) is 18.3 Å². The van der Waals surface area contributed by atoms with E-state index in [1.165, 1.54) is 5.56 Å². The van der Waals surface area contributed by atoms with Crippen LogP contribution in [0, 0.1) is 6.92 Å². The maximum absolute atomic E-state index is 12.1. The van der Waals surface area contributed by atoms with E-state index in [-0.39, 0.29) is 5.11 Å². The molecule has 0 aromatic heterocycles. The Balaban J connectivity index is 0.000000217. The summed E-state index contributed by atoms with van der Waals surface area (Å²) in [5.74, 6) is 0. The quantitative estimate of drug-likeness (QED) is 0.615. The Hall–Kier alpha value is -1.38. The van der Waals surface area contributed by atoms with E-state index < -0.39 is 12.3 Å². The molecule has 1 aromatic carbocycles. The highest BCUT2D eigenvalue weighted by Gasteiger charge is 2.48. The average Bonchev–Trinajstić information content (AvgIpc) is 2.75. The summed E-state index contributed by atoms with van der Waals surface area (Å²) in [6.45, 7) is 5.00. The fourth-order valence-corrected chi connectivity index (χ4v) is 1.61. The summed E-state index contributed by atoms with van der Waals surface area (Å²) in [6, 6.07) is 7.75. The second kappa shape index (κ2) is 6.87. The Bertz CT molecular complexity index is 457. The van der Waals surface area contributed by atoms with Gasteiger partial charge >= 0.3 is 6.18 Å². The van der Waals surface area contributed by atoms with E-state index in [0.717, 1.165) is 5.02 Å². The van der Waals surface area contributed by atoms with Gasteiger partial charge in [0.05, 0.1) is 0 Å². The minimum absolute atomic E-state index is 0.146. The smallest absolute Gasteiger partial charge is 0.294 e. The van der Waals surface area contributed by atoms with Crippen molar-refractivity contribution in [2.24, 2.45) is 5.10 Å². The third-order valence-corrected chi connectivity index (χ3v) is 2.78. The van der Waals surface area contributed by atoms with Crippen molar-refractivity contribution >= 4 is 35.6 Å². The number of thiocarbonyl (C=S) groups is 1. The van der Waals surface area contributed by atoms with Crippen molar-refractivity contribution < 1.29 is 13.2 Å². The molecule has 1 atom stereocenters. The molecule has 0 aliphatic carbocycles. The first-order valence-corrected chi connectivity index (χ1v) is 6.14. The van der Waals surface area contributed by atoms with Crippen LogP contribution in [0.4, 0.5) is 13.2 Å². The first kappa shape index (κ1) is 16.7. The van der Waals surface area contributed by atoms with E-state index in [1.807, 2.05) is 36.6 Å². The number of rotatable bonds is 1. The molecule has 2 rings (SSSR count). The van der Waals surface area contributed by atoms with Gasteiger partial charge in [-0.15, -0.1) is 0 Å². The van der Waals surface area contributed by atoms with Crippen molar-refractivity contribution in [3.8, 4) is 0 Å². The van der Waals surface area contributed by atoms with Crippen molar-refractivity contribution in [1.82, 2.24) is 15.9 Å². The molecule has 0 saturated carbocycles. The average molecular weight is 325 g/mol. The van der Waals surface area contributed by atoms with Crippen molar-refractivity contribution in [2.45, 2.75) is 19.3 Å². The van der Waals surface area contributed by atoms with Gasteiger partial charge in [0.2, 0.25) is 11.3 Å². The lowest BCUT2D eigenvalue weighted by atomic mass is 10.2. The number of alkyl halides is 3. The van der Waals surface area contributed by atoms with E-state index in [1.54, 1.807) is 0 Å². The molecule has 1 unspecified atom stereocenters. The number of hydrazine groups is 1. The summed E-state index contributed by atoms with van der Waals surface area (Å²) in [5, 5.41) is 4.32. The Labute approximate surface area is 124 Å². The van der Waals surface area contributed by atoms with Crippen LogP contribution >= 0.6 is 23.8 Å². The molecule has 1 aliphatic rings. The van der Waals surface area contributed by atoms with Crippen molar-refractivity contribution in [2.75, 3.05) is 0 Å². The van der Waals surface area contributed by atoms with Gasteiger partial charge in [-0.3, -0.25) is 5.43 Å². The van der Waals surface area contributed by atoms with Gasteiger partial charge in [0.15, 0.2) is 0 Å². The molecule has 2 N–H and O–H groups in total. The number of hydrogen-bond donors (Lipinski definition) is 2. The zero-order valence-electron chi connectivity index (χ0n) is 10.4. The molecule has 1 saturated heterocycles. The van der Waals surface area contributed by atoms with Gasteiger partial charge in [-0.1, -0.05) is 29.3 Å². The Morgan fingerprint density at radius 3 is 2.25 bits per heavy atom. The van der Waals surface area contributed by atoms with Crippen molar-refractivity contribution in [1.29, 1.82) is 0 Å². The molecule has 110 valence electrons. The molecule has 9 heteroatoms. The largest absolute Gasteiger partial charge is 0.425 e. The van der Waals surface area contributed by atoms with Gasteiger partial charge in [-0.25, -0.2) is 10.4 Å². The monoisotopic (exact) mass is 324 g/mol. The first-order chi connectivity index (χ1) is 9.25. The lowest BCUT2D eigenvalue weighted by Gasteiger charge is -2.20. The number of benzene rings is 1. The first-order valence-electron chi connectivity index (χ1n) is 5.36. The molecule has 1 heterocycles. The summed E-state index contributed by atoms with van der Waals surface area (Å²) in [6.07, 6.45) is -6.36. The van der Waals surface area contributed by atoms with Gasteiger partial charge in [0, 0.05) is 11.7 Å². The molecule has 0 bridgehead atoms. The second-order valence-electron chi connectivity index (χ2n) is 3.80. The lowest BCUT2D eigenvalue weighted by molar-refractivity contribution is -0.177. The molecule has 1 aliphatic heterocycles. The molecule has 1 aromatic rings. The minimum Gasteiger partial charge on any atom is -0.294 e. The SMILES string of the molecule is C=NN1C(=S)NNC1C(F)(F)F.Cc1ccc(Cl)cc1. The highest BCUT2D eigenvalue weighted by molar-refractivity contribution is 7.80. The number of hydrogen-bond acceptors (Lipinski definition) is 3. The van der Waals surface area contributed by atoms with E-state index in [2.05, 4.69) is 29.5 Å². The molecule has 1 fully saturated rings. The van der Waals surface area contributed by atoms with E-state index >= 15 is 0 Å². The molecule has 0 spiro atoms. The van der Waals surface area contributed by atoms with Crippen molar-refractivity contribution in [3.05, 3.63) is 34.9 Å². The standard InChI is InChI=1S/C7H7Cl.C4H5F3N4S/c1-6-2-4-7(8)5-3-6;1-8-11-2(4(5,6)7)9-10-3(11)12/h2-5H,1H3;2,9H,1H2,(H,10,12). The van der Waals surface area contributed by atoms with Crippen molar-refractivity contribution in [3.63, 3.8) is 0 Å². The number of hydrazone groups is 1. The van der Waals surface area contributed by atoms with Crippen LogP contribution in [0.2, 0.25) is 5.02 Å². The number of aryl methyl sites for hydroxylation is 1. The number of nitrogens with one attached hydrogen (secondary N) is 2. The molecule has 20 heavy (non-hydrogen) atoms. The second-order valence-corrected chi connectivity index (χ2v) is 4.62. The minimum atomic E-state index is -4.44. The van der Waals surface area contributed by atoms with Crippen LogP contribution < -0.4 is 10.9 Å². The molecular weight excluding hydrogens is 313 g/mol. The maximum atomic E-state index is 12.1. The van der Waals surface area contributed by atoms with Crippen LogP contribution in [0.25, 0.3) is 0 Å². The summed E-state index contributed by atoms with van der Waals surface area (Å²) in [7, 11) is 0. The lowest BCUT2D eigenvalue weighted by Crippen LogP contribution is -2.46. The van der Waals surface area contributed by atoms with E-state index in [4.69, 9.17) is 11.6 Å². The number of halogens is 4. The zero-order chi connectivity index (χ0) is 15.3. The summed E-state index contributed by atoms with van der Waals surface area (Å²) < 4.78 is 36.2.